The predicted octanol–water partition coefficient (Wildman–Crippen LogP) is 3.12. The highest BCUT2D eigenvalue weighted by Crippen LogP contribution is 2.52. The zero-order chi connectivity index (χ0) is 21.2. The average molecular weight is 397 g/mol. The minimum absolute atomic E-state index is 0.137. The molecule has 1 aliphatic carbocycles. The molecule has 1 heterocycles. The molecule has 1 aromatic rings. The number of amides is 2. The van der Waals surface area contributed by atoms with Gasteiger partial charge in [0.25, 0.3) is 5.91 Å². The molecule has 154 valence electrons. The van der Waals surface area contributed by atoms with E-state index in [9.17, 15) is 14.4 Å². The third-order valence-corrected chi connectivity index (χ3v) is 5.71. The fourth-order valence-corrected chi connectivity index (χ4v) is 5.01. The highest BCUT2D eigenvalue weighted by Gasteiger charge is 2.50. The van der Waals surface area contributed by atoms with Crippen LogP contribution in [-0.4, -0.2) is 41.9 Å². The summed E-state index contributed by atoms with van der Waals surface area (Å²) in [6.07, 6.45) is 2.84. The van der Waals surface area contributed by atoms with E-state index in [4.69, 9.17) is 10.00 Å². The molecular formula is C22H27N3O4. The van der Waals surface area contributed by atoms with Gasteiger partial charge in [-0.05, 0) is 54.4 Å². The van der Waals surface area contributed by atoms with Crippen LogP contribution in [0.3, 0.4) is 0 Å². The third kappa shape index (κ3) is 4.94. The van der Waals surface area contributed by atoms with Crippen LogP contribution in [0.4, 0.5) is 5.69 Å². The van der Waals surface area contributed by atoms with Crippen LogP contribution in [-0.2, 0) is 14.3 Å². The first-order valence-electron chi connectivity index (χ1n) is 9.84. The van der Waals surface area contributed by atoms with Crippen LogP contribution in [0.1, 0.15) is 56.8 Å². The van der Waals surface area contributed by atoms with Crippen LogP contribution in [0.5, 0.6) is 0 Å². The molecule has 0 aromatic heterocycles. The van der Waals surface area contributed by atoms with Gasteiger partial charge in [0.05, 0.1) is 11.6 Å². The Morgan fingerprint density at radius 1 is 1.21 bits per heavy atom. The molecule has 7 heteroatoms. The van der Waals surface area contributed by atoms with Gasteiger partial charge in [-0.2, -0.15) is 5.26 Å². The summed E-state index contributed by atoms with van der Waals surface area (Å²) in [5.41, 5.74) is 1.13. The van der Waals surface area contributed by atoms with E-state index in [1.807, 2.05) is 4.90 Å². The fourth-order valence-electron chi connectivity index (χ4n) is 5.01. The van der Waals surface area contributed by atoms with Gasteiger partial charge in [0.1, 0.15) is 6.42 Å². The number of benzene rings is 1. The van der Waals surface area contributed by atoms with Gasteiger partial charge in [-0.1, -0.05) is 20.8 Å². The van der Waals surface area contributed by atoms with Gasteiger partial charge in [0.15, 0.2) is 6.61 Å². The monoisotopic (exact) mass is 397 g/mol. The number of rotatable bonds is 5. The van der Waals surface area contributed by atoms with Crippen molar-refractivity contribution in [2.24, 2.45) is 10.8 Å². The molecule has 0 unspecified atom stereocenters. The van der Waals surface area contributed by atoms with Crippen molar-refractivity contribution in [1.82, 2.24) is 4.90 Å². The summed E-state index contributed by atoms with van der Waals surface area (Å²) in [7, 11) is 0. The Bertz CT molecular complexity index is 856. The lowest BCUT2D eigenvalue weighted by atomic mass is 9.65. The zero-order valence-electron chi connectivity index (χ0n) is 17.2. The third-order valence-electron chi connectivity index (χ3n) is 5.71. The summed E-state index contributed by atoms with van der Waals surface area (Å²) >= 11 is 0. The maximum atomic E-state index is 12.7. The number of nitrogens with zero attached hydrogens (tertiary/aromatic N) is 2. The van der Waals surface area contributed by atoms with Gasteiger partial charge in [-0.25, -0.2) is 4.79 Å². The molecule has 1 aliphatic heterocycles. The first kappa shape index (κ1) is 20.8. The number of esters is 1. The minimum atomic E-state index is -0.582. The number of nitrogens with one attached hydrogen (secondary N) is 1. The van der Waals surface area contributed by atoms with Crippen LogP contribution >= 0.6 is 0 Å². The van der Waals surface area contributed by atoms with Gasteiger partial charge in [-0.15, -0.1) is 0 Å². The Hall–Kier alpha value is -2.88. The molecule has 1 aromatic carbocycles. The highest BCUT2D eigenvalue weighted by molar-refractivity contribution is 5.94. The number of carbonyl (C=O) groups is 3. The second-order valence-corrected chi connectivity index (χ2v) is 9.27. The lowest BCUT2D eigenvalue weighted by Gasteiger charge is -2.39. The highest BCUT2D eigenvalue weighted by atomic mass is 16.5. The second-order valence-electron chi connectivity index (χ2n) is 9.27. The Morgan fingerprint density at radius 3 is 2.55 bits per heavy atom. The molecule has 29 heavy (non-hydrogen) atoms. The van der Waals surface area contributed by atoms with Crippen molar-refractivity contribution in [3.63, 3.8) is 0 Å². The topological polar surface area (TPSA) is 99.5 Å². The van der Waals surface area contributed by atoms with E-state index in [1.54, 1.807) is 18.2 Å². The van der Waals surface area contributed by atoms with E-state index in [0.717, 1.165) is 19.3 Å². The molecular weight excluding hydrogens is 370 g/mol. The van der Waals surface area contributed by atoms with E-state index in [0.29, 0.717) is 17.8 Å². The number of hydrogen-bond acceptors (Lipinski definition) is 5. The molecule has 0 radical (unpaired) electrons. The van der Waals surface area contributed by atoms with Crippen LogP contribution < -0.4 is 5.32 Å². The normalized spacial score (nSPS) is 24.5. The molecule has 7 nitrogen and oxygen atoms in total. The maximum Gasteiger partial charge on any atom is 0.338 e. The number of nitriles is 1. The molecule has 2 bridgehead atoms. The molecule has 2 atom stereocenters. The van der Waals surface area contributed by atoms with Gasteiger partial charge in [0, 0.05) is 18.3 Å². The first-order chi connectivity index (χ1) is 13.6. The van der Waals surface area contributed by atoms with Crippen molar-refractivity contribution in [3.05, 3.63) is 29.8 Å². The van der Waals surface area contributed by atoms with Crippen LogP contribution in [0, 0.1) is 22.2 Å². The second kappa shape index (κ2) is 7.86. The summed E-state index contributed by atoms with van der Waals surface area (Å²) in [5.74, 6) is -1.15. The van der Waals surface area contributed by atoms with Crippen molar-refractivity contribution in [2.45, 2.75) is 52.5 Å². The van der Waals surface area contributed by atoms with Crippen molar-refractivity contribution < 1.29 is 19.1 Å². The number of carbonyl (C=O) groups excluding carboxylic acids is 3. The Balaban J connectivity index is 1.54. The zero-order valence-corrected chi connectivity index (χ0v) is 17.2. The quantitative estimate of drug-likeness (QED) is 0.770. The average Bonchev–Trinajstić information content (AvgIpc) is 2.89. The van der Waals surface area contributed by atoms with Gasteiger partial charge in [-0.3, -0.25) is 9.59 Å². The molecule has 2 amide bonds. The summed E-state index contributed by atoms with van der Waals surface area (Å²) < 4.78 is 5.23. The van der Waals surface area contributed by atoms with Crippen LogP contribution in [0.15, 0.2) is 24.3 Å². The summed E-state index contributed by atoms with van der Waals surface area (Å²) in [6, 6.07) is 8.12. The SMILES string of the molecule is CC1(C)C[C@H]2C[C@@](C)(CN2C(=O)COC(=O)c2ccc(NC(=O)CC#N)cc2)C1. The van der Waals surface area contributed by atoms with Crippen molar-refractivity contribution >= 4 is 23.5 Å². The predicted molar refractivity (Wildman–Crippen MR) is 107 cm³/mol. The van der Waals surface area contributed by atoms with E-state index in [-0.39, 0.29) is 35.8 Å². The van der Waals surface area contributed by atoms with Gasteiger partial charge < -0.3 is 15.0 Å². The lowest BCUT2D eigenvalue weighted by Crippen LogP contribution is -2.39. The number of anilines is 1. The molecule has 2 fully saturated rings. The van der Waals surface area contributed by atoms with Crippen molar-refractivity contribution in [3.8, 4) is 6.07 Å². The smallest absolute Gasteiger partial charge is 0.338 e. The first-order valence-corrected chi connectivity index (χ1v) is 9.84. The maximum absolute atomic E-state index is 12.7. The van der Waals surface area contributed by atoms with Crippen LogP contribution in [0.2, 0.25) is 0 Å². The molecule has 1 N–H and O–H groups in total. The lowest BCUT2D eigenvalue weighted by molar-refractivity contribution is -0.135. The van der Waals surface area contributed by atoms with Gasteiger partial charge in [0.2, 0.25) is 5.91 Å². The molecule has 2 aliphatic rings. The van der Waals surface area contributed by atoms with E-state index >= 15 is 0 Å². The van der Waals surface area contributed by atoms with Crippen molar-refractivity contribution in [2.75, 3.05) is 18.5 Å². The number of hydrogen-bond donors (Lipinski definition) is 1. The standard InChI is InChI=1S/C22H27N3O4/c1-21(2)10-17-11-22(3,13-21)14-25(17)19(27)12-29-20(28)15-4-6-16(7-5-15)24-18(26)8-9-23/h4-7,17H,8,10-14H2,1-3H3,(H,24,26)/t17-,22+/m0/s1. The molecule has 3 rings (SSSR count). The summed E-state index contributed by atoms with van der Waals surface area (Å²) in [6.45, 7) is 7.17. The van der Waals surface area contributed by atoms with E-state index in [1.165, 1.54) is 12.1 Å². The number of likely N-dealkylation sites (tertiary alicyclic amines) is 1. The van der Waals surface area contributed by atoms with Crippen LogP contribution in [0.25, 0.3) is 0 Å². The summed E-state index contributed by atoms with van der Waals surface area (Å²) in [4.78, 5) is 38.3. The Kier molecular flexibility index (Phi) is 5.65. The van der Waals surface area contributed by atoms with Gasteiger partial charge >= 0.3 is 5.97 Å². The van der Waals surface area contributed by atoms with E-state index in [2.05, 4.69) is 26.1 Å². The van der Waals surface area contributed by atoms with E-state index < -0.39 is 11.9 Å². The Labute approximate surface area is 171 Å². The number of ether oxygens (including phenoxy) is 1. The van der Waals surface area contributed by atoms with Crippen molar-refractivity contribution in [1.29, 1.82) is 5.26 Å². The fraction of sp³-hybridized carbons (Fsp3) is 0.545. The Morgan fingerprint density at radius 2 is 1.90 bits per heavy atom. The number of fused-ring (bicyclic) bond motifs is 2. The molecule has 1 saturated heterocycles. The largest absolute Gasteiger partial charge is 0.452 e. The molecule has 1 saturated carbocycles. The minimum Gasteiger partial charge on any atom is -0.452 e. The molecule has 0 spiro atoms. The summed E-state index contributed by atoms with van der Waals surface area (Å²) in [5, 5.41) is 11.1.